The van der Waals surface area contributed by atoms with Gasteiger partial charge >= 0.3 is 0 Å². The van der Waals surface area contributed by atoms with Gasteiger partial charge in [-0.05, 0) is 92.1 Å². The van der Waals surface area contributed by atoms with Gasteiger partial charge in [-0.1, -0.05) is 32.4 Å². The lowest BCUT2D eigenvalue weighted by molar-refractivity contribution is -0.373. The molecule has 0 spiro atoms. The zero-order chi connectivity index (χ0) is 40.6. The number of hydrogen-bond donors (Lipinski definition) is 9. The van der Waals surface area contributed by atoms with Crippen LogP contribution in [0.25, 0.3) is 0 Å². The van der Waals surface area contributed by atoms with Gasteiger partial charge in [-0.25, -0.2) is 0 Å². The van der Waals surface area contributed by atoms with Crippen molar-refractivity contribution in [1.82, 2.24) is 0 Å². The Morgan fingerprint density at radius 3 is 2.21 bits per heavy atom. The van der Waals surface area contributed by atoms with E-state index in [2.05, 4.69) is 19.9 Å². The van der Waals surface area contributed by atoms with E-state index < -0.39 is 105 Å². The van der Waals surface area contributed by atoms with E-state index in [4.69, 9.17) is 33.2 Å². The van der Waals surface area contributed by atoms with Crippen LogP contribution in [-0.4, -0.2) is 163 Å². The van der Waals surface area contributed by atoms with Crippen LogP contribution in [-0.2, 0) is 33.2 Å². The van der Waals surface area contributed by atoms with Crippen LogP contribution in [0.3, 0.4) is 0 Å². The summed E-state index contributed by atoms with van der Waals surface area (Å²) in [6, 6.07) is 0. The highest BCUT2D eigenvalue weighted by Gasteiger charge is 2.75. The molecule has 22 atom stereocenters. The van der Waals surface area contributed by atoms with E-state index in [1.165, 1.54) is 16.7 Å². The maximum atomic E-state index is 11.9. The van der Waals surface area contributed by atoms with Gasteiger partial charge in [0, 0.05) is 11.8 Å². The van der Waals surface area contributed by atoms with E-state index >= 15 is 0 Å². The summed E-state index contributed by atoms with van der Waals surface area (Å²) in [7, 11) is 0. The molecule has 0 aromatic rings. The predicted octanol–water partition coefficient (Wildman–Crippen LogP) is -0.515. The Morgan fingerprint density at radius 1 is 0.789 bits per heavy atom. The Balaban J connectivity index is 0.903. The average Bonchev–Trinajstić information content (AvgIpc) is 3.83. The monoisotopic (exact) mass is 810 g/mol. The quantitative estimate of drug-likeness (QED) is 0.157. The summed E-state index contributed by atoms with van der Waals surface area (Å²) in [5.41, 5.74) is 2.63. The molecule has 0 radical (unpaired) electrons. The second-order valence-corrected chi connectivity index (χ2v) is 19.1. The second kappa shape index (κ2) is 14.5. The molecule has 9 rings (SSSR count). The standard InChI is InChI=1S/C41H62O16/c1-17-16-51-40(4)41(17,50)34-32(57-40)26(35(49)56-34)23-8-7-21-20-6-5-18-13-19(9-11-38(18,2)22(20)10-12-39(21,23)3)52-37-33(30(47)28(45)25(15-43)54-37)55-36-31(48)29(46)27(44)24(14-42)53-36/h7,17-19,23-37,42-50H,5-6,8-16H2,1-4H3/t17-,18-,19-,23?,24+,25+,26?,27-,28+,29-,30-,31+,32+,33+,34-,35-,36-,37+,38-,39-,40-,41?/m0/s1. The number of hydrogen-bond acceptors (Lipinski definition) is 16. The number of allylic oxidation sites excluding steroid dienone is 4. The molecule has 5 aliphatic heterocycles. The van der Waals surface area contributed by atoms with Crippen LogP contribution in [0.4, 0.5) is 0 Å². The van der Waals surface area contributed by atoms with Crippen LogP contribution in [0.5, 0.6) is 0 Å². The number of fused-ring (bicyclic) bond motifs is 7. The zero-order valence-electron chi connectivity index (χ0n) is 33.1. The molecule has 57 heavy (non-hydrogen) atoms. The number of aliphatic hydroxyl groups excluding tert-OH is 8. The zero-order valence-corrected chi connectivity index (χ0v) is 33.1. The Kier molecular flexibility index (Phi) is 10.5. The molecule has 0 amide bonds. The molecule has 322 valence electrons. The van der Waals surface area contributed by atoms with Gasteiger partial charge in [-0.2, -0.15) is 0 Å². The van der Waals surface area contributed by atoms with Crippen molar-refractivity contribution < 1.29 is 79.1 Å². The first-order valence-electron chi connectivity index (χ1n) is 21.1. The minimum absolute atomic E-state index is 0.0628. The van der Waals surface area contributed by atoms with Crippen LogP contribution in [0.15, 0.2) is 22.8 Å². The number of ether oxygens (including phenoxy) is 7. The predicted molar refractivity (Wildman–Crippen MR) is 194 cm³/mol. The van der Waals surface area contributed by atoms with Crippen LogP contribution in [0.2, 0.25) is 0 Å². The fourth-order valence-corrected chi connectivity index (χ4v) is 12.9. The molecule has 5 heterocycles. The average molecular weight is 811 g/mol. The van der Waals surface area contributed by atoms with Crippen LogP contribution < -0.4 is 0 Å². The Labute approximate surface area is 332 Å². The molecule has 0 bridgehead atoms. The van der Waals surface area contributed by atoms with Crippen LogP contribution >= 0.6 is 0 Å². The first kappa shape index (κ1) is 41.2. The van der Waals surface area contributed by atoms with E-state index in [1.807, 2.05) is 6.92 Å². The van der Waals surface area contributed by atoms with E-state index in [-0.39, 0.29) is 40.6 Å². The molecule has 9 aliphatic rings. The number of aliphatic hydroxyl groups is 9. The van der Waals surface area contributed by atoms with Gasteiger partial charge in [0.05, 0.1) is 32.0 Å². The third-order valence-corrected chi connectivity index (χ3v) is 16.4. The molecule has 4 aliphatic carbocycles. The lowest BCUT2D eigenvalue weighted by atomic mass is 9.51. The highest BCUT2D eigenvalue weighted by Crippen LogP contribution is 2.67. The van der Waals surface area contributed by atoms with Crippen molar-refractivity contribution in [1.29, 1.82) is 0 Å². The Hall–Kier alpha value is -1.16. The summed E-state index contributed by atoms with van der Waals surface area (Å²) < 4.78 is 42.7. The van der Waals surface area contributed by atoms with Gasteiger partial charge in [0.15, 0.2) is 30.3 Å². The summed E-state index contributed by atoms with van der Waals surface area (Å²) in [6.45, 7) is 7.50. The fraction of sp³-hybridized carbons (Fsp3) is 0.902. The SMILES string of the molecule is C[C@H]1CO[C@@]2(C)O[C@@H]3C(C4CC=C5C6=C(CC[C@@]54C)[C@@]4(C)CC[C@H](O[C@@H]5O[C@H](CO)[C@@H](O)[C@H](O)[C@H]5O[C@@H]5O[C@H](CO)[C@H](O)[C@H](O)[C@H]5O)C[C@@H]4CC6)[C@@H](O)O[C@@H]3C12O. The van der Waals surface area contributed by atoms with Gasteiger partial charge in [-0.15, -0.1) is 0 Å². The van der Waals surface area contributed by atoms with Gasteiger partial charge in [-0.3, -0.25) is 0 Å². The molecular formula is C41H62O16. The van der Waals surface area contributed by atoms with Gasteiger partial charge in [0.2, 0.25) is 0 Å². The molecule has 1 saturated carbocycles. The van der Waals surface area contributed by atoms with Gasteiger partial charge < -0.3 is 79.1 Å². The topological polar surface area (TPSA) is 247 Å². The fourth-order valence-electron chi connectivity index (χ4n) is 12.9. The summed E-state index contributed by atoms with van der Waals surface area (Å²) in [5, 5.41) is 96.1. The molecule has 9 N–H and O–H groups in total. The van der Waals surface area contributed by atoms with Crippen molar-refractivity contribution in [2.24, 2.45) is 34.5 Å². The third-order valence-electron chi connectivity index (χ3n) is 16.4. The van der Waals surface area contributed by atoms with Crippen molar-refractivity contribution in [2.45, 2.75) is 176 Å². The van der Waals surface area contributed by atoms with E-state index in [0.717, 1.165) is 38.5 Å². The first-order valence-corrected chi connectivity index (χ1v) is 21.1. The van der Waals surface area contributed by atoms with E-state index in [9.17, 15) is 46.0 Å². The highest BCUT2D eigenvalue weighted by atomic mass is 16.8. The summed E-state index contributed by atoms with van der Waals surface area (Å²) in [6.07, 6.45) is -8.53. The molecule has 16 heteroatoms. The van der Waals surface area contributed by atoms with Crippen LogP contribution in [0.1, 0.15) is 79.1 Å². The minimum Gasteiger partial charge on any atom is -0.394 e. The van der Waals surface area contributed by atoms with Crippen LogP contribution in [0, 0.1) is 34.5 Å². The summed E-state index contributed by atoms with van der Waals surface area (Å²) >= 11 is 0. The van der Waals surface area contributed by atoms with Gasteiger partial charge in [0.25, 0.3) is 0 Å². The molecule has 3 unspecified atom stereocenters. The maximum Gasteiger partial charge on any atom is 0.197 e. The molecule has 6 fully saturated rings. The highest BCUT2D eigenvalue weighted by molar-refractivity contribution is 5.50. The van der Waals surface area contributed by atoms with Gasteiger partial charge in [0.1, 0.15) is 54.9 Å². The smallest absolute Gasteiger partial charge is 0.197 e. The first-order chi connectivity index (χ1) is 27.0. The Morgan fingerprint density at radius 2 is 1.49 bits per heavy atom. The molecule has 0 aromatic heterocycles. The molecule has 5 saturated heterocycles. The van der Waals surface area contributed by atoms with Crippen molar-refractivity contribution in [3.05, 3.63) is 22.8 Å². The third kappa shape index (κ3) is 5.92. The van der Waals surface area contributed by atoms with Crippen molar-refractivity contribution >= 4 is 0 Å². The largest absolute Gasteiger partial charge is 0.394 e. The van der Waals surface area contributed by atoms with Crippen molar-refractivity contribution in [3.8, 4) is 0 Å². The lowest BCUT2D eigenvalue weighted by Gasteiger charge is -2.54. The molecule has 16 nitrogen and oxygen atoms in total. The van der Waals surface area contributed by atoms with Crippen molar-refractivity contribution in [3.63, 3.8) is 0 Å². The maximum absolute atomic E-state index is 11.9. The lowest BCUT2D eigenvalue weighted by Crippen LogP contribution is -2.65. The van der Waals surface area contributed by atoms with E-state index in [1.54, 1.807) is 6.92 Å². The molecular weight excluding hydrogens is 748 g/mol. The summed E-state index contributed by atoms with van der Waals surface area (Å²) in [4.78, 5) is 0. The molecule has 0 aromatic carbocycles. The normalized spacial score (nSPS) is 57.2. The van der Waals surface area contributed by atoms with Crippen molar-refractivity contribution in [2.75, 3.05) is 19.8 Å². The number of rotatable bonds is 7. The minimum atomic E-state index is -1.75. The second-order valence-electron chi connectivity index (χ2n) is 19.1. The summed E-state index contributed by atoms with van der Waals surface area (Å²) in [5.74, 6) is -1.37. The van der Waals surface area contributed by atoms with E-state index in [0.29, 0.717) is 19.4 Å². The Bertz CT molecular complexity index is 1610.